The van der Waals surface area contributed by atoms with Crippen LogP contribution in [0.25, 0.3) is 0 Å². The van der Waals surface area contributed by atoms with E-state index in [-0.39, 0.29) is 10.8 Å². The van der Waals surface area contributed by atoms with Gasteiger partial charge < -0.3 is 26.4 Å². The van der Waals surface area contributed by atoms with Crippen molar-refractivity contribution in [2.75, 3.05) is 30.9 Å². The van der Waals surface area contributed by atoms with Gasteiger partial charge in [0.1, 0.15) is 11.4 Å². The van der Waals surface area contributed by atoms with Gasteiger partial charge in [-0.3, -0.25) is 0 Å². The van der Waals surface area contributed by atoms with Crippen molar-refractivity contribution in [3.05, 3.63) is 17.3 Å². The summed E-state index contributed by atoms with van der Waals surface area (Å²) < 4.78 is 0. The molecule has 16 heavy (non-hydrogen) atoms. The van der Waals surface area contributed by atoms with Crippen molar-refractivity contribution in [3.63, 3.8) is 0 Å². The number of anilines is 2. The minimum Gasteiger partial charge on any atom is -0.397 e. The molecule has 0 unspecified atom stereocenters. The third-order valence-electron chi connectivity index (χ3n) is 2.15. The largest absolute Gasteiger partial charge is 0.397 e. The van der Waals surface area contributed by atoms with E-state index < -0.39 is 25.4 Å². The van der Waals surface area contributed by atoms with Gasteiger partial charge in [-0.25, -0.2) is 4.98 Å². The average Bonchev–Trinajstić information content (AvgIpc) is 2.29. The number of aliphatic hydroxyl groups is 3. The number of nitrogens with zero attached hydrogens (tertiary/aromatic N) is 1. The van der Waals surface area contributed by atoms with E-state index in [0.717, 1.165) is 0 Å². The maximum absolute atomic E-state index is 9.11. The Balaban J connectivity index is 2.93. The first-order valence-corrected chi connectivity index (χ1v) is 4.96. The van der Waals surface area contributed by atoms with Crippen LogP contribution in [-0.2, 0) is 0 Å². The Hall–Kier alpha value is -1.08. The van der Waals surface area contributed by atoms with E-state index in [2.05, 4.69) is 10.3 Å². The molecular weight excluding hydrogens is 234 g/mol. The molecule has 0 fully saturated rings. The van der Waals surface area contributed by atoms with E-state index in [0.29, 0.717) is 5.69 Å². The van der Waals surface area contributed by atoms with Crippen molar-refractivity contribution in [1.82, 2.24) is 4.98 Å². The highest BCUT2D eigenvalue weighted by Gasteiger charge is 2.28. The molecule has 0 amide bonds. The number of nitrogens with two attached hydrogens (primary N) is 1. The van der Waals surface area contributed by atoms with Gasteiger partial charge in [0.25, 0.3) is 0 Å². The second kappa shape index (κ2) is 5.31. The lowest BCUT2D eigenvalue weighted by Gasteiger charge is -2.29. The van der Waals surface area contributed by atoms with Crippen molar-refractivity contribution in [2.45, 2.75) is 5.54 Å². The quantitative estimate of drug-likeness (QED) is 0.477. The summed E-state index contributed by atoms with van der Waals surface area (Å²) in [5.41, 5.74) is 4.61. The lowest BCUT2D eigenvalue weighted by Crippen LogP contribution is -2.49. The van der Waals surface area contributed by atoms with Crippen LogP contribution in [-0.4, -0.2) is 45.7 Å². The highest BCUT2D eigenvalue weighted by molar-refractivity contribution is 6.33. The third kappa shape index (κ3) is 2.73. The van der Waals surface area contributed by atoms with Gasteiger partial charge in [0.05, 0.1) is 36.7 Å². The summed E-state index contributed by atoms with van der Waals surface area (Å²) in [7, 11) is 0. The number of rotatable bonds is 5. The SMILES string of the molecule is Nc1cnc(NC(CO)(CO)CO)c(Cl)c1. The Morgan fingerprint density at radius 1 is 1.31 bits per heavy atom. The first kappa shape index (κ1) is 13.0. The number of aromatic nitrogens is 1. The fourth-order valence-electron chi connectivity index (χ4n) is 1.06. The minimum atomic E-state index is -1.26. The molecule has 0 aliphatic rings. The molecular formula is C9H14ClN3O3. The summed E-state index contributed by atoms with van der Waals surface area (Å²) in [6.07, 6.45) is 1.38. The summed E-state index contributed by atoms with van der Waals surface area (Å²) in [6, 6.07) is 1.48. The molecule has 0 aliphatic heterocycles. The van der Waals surface area contributed by atoms with Crippen molar-refractivity contribution < 1.29 is 15.3 Å². The molecule has 1 aromatic heterocycles. The van der Waals surface area contributed by atoms with Crippen molar-refractivity contribution in [2.24, 2.45) is 0 Å². The fraction of sp³-hybridized carbons (Fsp3) is 0.444. The zero-order valence-corrected chi connectivity index (χ0v) is 9.28. The van der Waals surface area contributed by atoms with Crippen LogP contribution in [0, 0.1) is 0 Å². The highest BCUT2D eigenvalue weighted by atomic mass is 35.5. The smallest absolute Gasteiger partial charge is 0.145 e. The minimum absolute atomic E-state index is 0.244. The van der Waals surface area contributed by atoms with Gasteiger partial charge in [0.2, 0.25) is 0 Å². The molecule has 6 N–H and O–H groups in total. The molecule has 1 rings (SSSR count). The van der Waals surface area contributed by atoms with E-state index in [1.807, 2.05) is 0 Å². The van der Waals surface area contributed by atoms with Crippen LogP contribution in [0.5, 0.6) is 0 Å². The summed E-state index contributed by atoms with van der Waals surface area (Å²) in [5, 5.41) is 30.3. The van der Waals surface area contributed by atoms with Crippen LogP contribution in [0.3, 0.4) is 0 Å². The topological polar surface area (TPSA) is 112 Å². The van der Waals surface area contributed by atoms with Gasteiger partial charge in [-0.05, 0) is 6.07 Å². The Bertz CT molecular complexity index is 350. The second-order valence-corrected chi connectivity index (χ2v) is 3.89. The molecule has 0 atom stereocenters. The van der Waals surface area contributed by atoms with E-state index in [4.69, 9.17) is 32.7 Å². The second-order valence-electron chi connectivity index (χ2n) is 3.48. The maximum atomic E-state index is 9.11. The standard InChI is InChI=1S/C9H14ClN3O3/c10-7-1-6(11)2-12-8(7)13-9(3-14,4-15)5-16/h1-2,14-16H,3-5,11H2,(H,12,13). The molecule has 90 valence electrons. The third-order valence-corrected chi connectivity index (χ3v) is 2.44. The average molecular weight is 248 g/mol. The van der Waals surface area contributed by atoms with Crippen LogP contribution < -0.4 is 11.1 Å². The number of nitrogen functional groups attached to an aromatic ring is 1. The lowest BCUT2D eigenvalue weighted by atomic mass is 10.0. The zero-order chi connectivity index (χ0) is 12.2. The maximum Gasteiger partial charge on any atom is 0.145 e. The Kier molecular flexibility index (Phi) is 4.31. The van der Waals surface area contributed by atoms with E-state index in [1.165, 1.54) is 12.3 Å². The Morgan fingerprint density at radius 2 is 1.88 bits per heavy atom. The first-order valence-electron chi connectivity index (χ1n) is 4.58. The molecule has 0 aliphatic carbocycles. The molecule has 0 radical (unpaired) electrons. The highest BCUT2D eigenvalue weighted by Crippen LogP contribution is 2.24. The molecule has 0 bridgehead atoms. The monoisotopic (exact) mass is 247 g/mol. The van der Waals surface area contributed by atoms with Crippen LogP contribution >= 0.6 is 11.6 Å². The summed E-state index contributed by atoms with van der Waals surface area (Å²) in [5.74, 6) is 0.244. The zero-order valence-electron chi connectivity index (χ0n) is 8.52. The van der Waals surface area contributed by atoms with E-state index >= 15 is 0 Å². The summed E-state index contributed by atoms with van der Waals surface area (Å²) in [6.45, 7) is -1.37. The van der Waals surface area contributed by atoms with Crippen LogP contribution in [0.4, 0.5) is 11.5 Å². The van der Waals surface area contributed by atoms with Gasteiger partial charge >= 0.3 is 0 Å². The van der Waals surface area contributed by atoms with Gasteiger partial charge in [-0.2, -0.15) is 0 Å². The number of halogens is 1. The van der Waals surface area contributed by atoms with E-state index in [9.17, 15) is 0 Å². The molecule has 6 nitrogen and oxygen atoms in total. The molecule has 0 saturated carbocycles. The van der Waals surface area contributed by atoms with Crippen molar-refractivity contribution in [3.8, 4) is 0 Å². The van der Waals surface area contributed by atoms with Crippen LogP contribution in [0.15, 0.2) is 12.3 Å². The van der Waals surface area contributed by atoms with Gasteiger partial charge in [-0.1, -0.05) is 11.6 Å². The number of aliphatic hydroxyl groups excluding tert-OH is 3. The molecule has 7 heteroatoms. The number of hydrogen-bond donors (Lipinski definition) is 5. The summed E-state index contributed by atoms with van der Waals surface area (Å²) in [4.78, 5) is 3.91. The summed E-state index contributed by atoms with van der Waals surface area (Å²) >= 11 is 5.86. The molecule has 0 saturated heterocycles. The van der Waals surface area contributed by atoms with Crippen LogP contribution in [0.1, 0.15) is 0 Å². The Labute approximate surface area is 97.7 Å². The van der Waals surface area contributed by atoms with Crippen LogP contribution in [0.2, 0.25) is 5.02 Å². The Morgan fingerprint density at radius 3 is 2.31 bits per heavy atom. The number of pyridine rings is 1. The molecule has 0 spiro atoms. The number of hydrogen-bond acceptors (Lipinski definition) is 6. The predicted molar refractivity (Wildman–Crippen MR) is 61.3 cm³/mol. The van der Waals surface area contributed by atoms with E-state index in [1.54, 1.807) is 0 Å². The predicted octanol–water partition coefficient (Wildman–Crippen LogP) is -0.555. The van der Waals surface area contributed by atoms with Gasteiger partial charge in [-0.15, -0.1) is 0 Å². The molecule has 1 heterocycles. The lowest BCUT2D eigenvalue weighted by molar-refractivity contribution is 0.0831. The molecule has 1 aromatic rings. The van der Waals surface area contributed by atoms with Gasteiger partial charge in [0.15, 0.2) is 0 Å². The fourth-order valence-corrected chi connectivity index (χ4v) is 1.29. The van der Waals surface area contributed by atoms with Crippen molar-refractivity contribution in [1.29, 1.82) is 0 Å². The van der Waals surface area contributed by atoms with Gasteiger partial charge in [0, 0.05) is 0 Å². The normalized spacial score (nSPS) is 11.5. The molecule has 0 aromatic carbocycles. The first-order chi connectivity index (χ1) is 7.56. The number of nitrogens with one attached hydrogen (secondary N) is 1. The van der Waals surface area contributed by atoms with Crippen molar-refractivity contribution >= 4 is 23.1 Å².